The predicted molar refractivity (Wildman–Crippen MR) is 133 cm³/mol. The number of carbonyl (C=O) groups is 4. The molecule has 10 nitrogen and oxygen atoms in total. The molecule has 0 atom stereocenters. The molecule has 1 saturated heterocycles. The van der Waals surface area contributed by atoms with Crippen molar-refractivity contribution < 1.29 is 33.4 Å². The second-order valence-corrected chi connectivity index (χ2v) is 8.19. The van der Waals surface area contributed by atoms with Gasteiger partial charge in [-0.1, -0.05) is 18.2 Å². The molecule has 0 saturated carbocycles. The molecule has 0 bridgehead atoms. The molecule has 3 heterocycles. The predicted octanol–water partition coefficient (Wildman–Crippen LogP) is 4.05. The van der Waals surface area contributed by atoms with Gasteiger partial charge in [0.05, 0.1) is 18.8 Å². The largest absolute Gasteiger partial charge is 0.494 e. The molecule has 0 aliphatic carbocycles. The Morgan fingerprint density at radius 1 is 1.05 bits per heavy atom. The fraction of sp³-hybridized carbons (Fsp3) is 0.111. The number of carboxylic acid groups (broad SMARTS) is 1. The number of carbonyl (C=O) groups excluding carboxylic acids is 3. The number of hydrogen-bond acceptors (Lipinski definition) is 6. The first-order chi connectivity index (χ1) is 17.9. The van der Waals surface area contributed by atoms with Gasteiger partial charge in [-0.25, -0.2) is 14.5 Å². The number of aromatic carboxylic acids is 1. The molecule has 1 aliphatic rings. The van der Waals surface area contributed by atoms with Crippen LogP contribution in [0.5, 0.6) is 5.75 Å². The van der Waals surface area contributed by atoms with E-state index < -0.39 is 23.8 Å². The fourth-order valence-corrected chi connectivity index (χ4v) is 4.17. The summed E-state index contributed by atoms with van der Waals surface area (Å²) in [7, 11) is 0. The molecular weight excluding hydrogens is 478 g/mol. The van der Waals surface area contributed by atoms with Crippen LogP contribution in [0.1, 0.15) is 28.8 Å². The maximum absolute atomic E-state index is 13.3. The molecule has 10 heteroatoms. The van der Waals surface area contributed by atoms with Gasteiger partial charge in [-0.2, -0.15) is 0 Å². The number of aromatic nitrogens is 1. The van der Waals surface area contributed by atoms with E-state index in [0.29, 0.717) is 29.4 Å². The summed E-state index contributed by atoms with van der Waals surface area (Å²) in [5.74, 6) is -1.88. The van der Waals surface area contributed by atoms with E-state index >= 15 is 0 Å². The van der Waals surface area contributed by atoms with Crippen molar-refractivity contribution in [1.82, 2.24) is 9.88 Å². The van der Waals surface area contributed by atoms with Gasteiger partial charge < -0.3 is 18.8 Å². The summed E-state index contributed by atoms with van der Waals surface area (Å²) < 4.78 is 12.6. The monoisotopic (exact) mass is 499 g/mol. The topological polar surface area (TPSA) is 131 Å². The van der Waals surface area contributed by atoms with Crippen molar-refractivity contribution in [2.24, 2.45) is 0 Å². The molecule has 4 aromatic rings. The third-order valence-electron chi connectivity index (χ3n) is 5.83. The van der Waals surface area contributed by atoms with Crippen LogP contribution in [0.15, 0.2) is 76.9 Å². The Hall–Kier alpha value is -5.12. The second-order valence-electron chi connectivity index (χ2n) is 8.19. The number of barbiturate groups is 1. The van der Waals surface area contributed by atoms with Crippen LogP contribution < -0.4 is 15.0 Å². The van der Waals surface area contributed by atoms with Gasteiger partial charge in [0.15, 0.2) is 0 Å². The van der Waals surface area contributed by atoms with Gasteiger partial charge in [0, 0.05) is 22.7 Å². The van der Waals surface area contributed by atoms with Crippen molar-refractivity contribution >= 4 is 46.5 Å². The molecule has 1 aliphatic heterocycles. The number of para-hydroxylation sites is 1. The van der Waals surface area contributed by atoms with Crippen molar-refractivity contribution in [1.29, 1.82) is 0 Å². The second kappa shape index (κ2) is 9.50. The number of furan rings is 1. The first-order valence-corrected chi connectivity index (χ1v) is 11.4. The molecule has 2 N–H and O–H groups in total. The van der Waals surface area contributed by atoms with Crippen LogP contribution in [0.4, 0.5) is 10.5 Å². The molecule has 0 radical (unpaired) electrons. The van der Waals surface area contributed by atoms with E-state index in [2.05, 4.69) is 5.32 Å². The lowest BCUT2D eigenvalue weighted by atomic mass is 10.1. The molecular formula is C27H21N3O7. The van der Waals surface area contributed by atoms with Crippen LogP contribution in [0.2, 0.25) is 0 Å². The van der Waals surface area contributed by atoms with Crippen LogP contribution >= 0.6 is 0 Å². The average molecular weight is 499 g/mol. The Bertz CT molecular complexity index is 1580. The highest BCUT2D eigenvalue weighted by molar-refractivity contribution is 6.39. The molecule has 37 heavy (non-hydrogen) atoms. The molecule has 186 valence electrons. The lowest BCUT2D eigenvalue weighted by Gasteiger charge is -2.26. The standard InChI is InChI=1S/C27H21N3O7/c1-2-36-18-9-7-17(8-10-18)30-25(32)21(24(31)28-27(30)35)13-16-14-29(22-6-4-3-5-20(16)22)15-19-11-12-23(37-19)26(33)34/h3-14H,2,15H2,1H3,(H,33,34)(H,28,31,35)/b21-13+. The van der Waals surface area contributed by atoms with Crippen LogP contribution in [0, 0.1) is 0 Å². The number of nitrogens with one attached hydrogen (secondary N) is 1. The first kappa shape index (κ1) is 23.6. The first-order valence-electron chi connectivity index (χ1n) is 11.4. The highest BCUT2D eigenvalue weighted by Gasteiger charge is 2.37. The molecule has 4 amide bonds. The van der Waals surface area contributed by atoms with Crippen LogP contribution in [-0.4, -0.2) is 40.1 Å². The Labute approximate surface area is 210 Å². The summed E-state index contributed by atoms with van der Waals surface area (Å²) >= 11 is 0. The molecule has 2 aromatic carbocycles. The molecule has 1 fully saturated rings. The Balaban J connectivity index is 1.51. The number of anilines is 1. The number of benzene rings is 2. The number of ether oxygens (including phenoxy) is 1. The third kappa shape index (κ3) is 4.47. The zero-order valence-corrected chi connectivity index (χ0v) is 19.6. The van der Waals surface area contributed by atoms with E-state index in [4.69, 9.17) is 14.3 Å². The van der Waals surface area contributed by atoms with Crippen LogP contribution in [0.25, 0.3) is 17.0 Å². The number of rotatable bonds is 7. The Morgan fingerprint density at radius 3 is 2.51 bits per heavy atom. The maximum Gasteiger partial charge on any atom is 0.371 e. The summed E-state index contributed by atoms with van der Waals surface area (Å²) in [6.45, 7) is 2.54. The van der Waals surface area contributed by atoms with Crippen molar-refractivity contribution in [3.05, 3.63) is 89.5 Å². The maximum atomic E-state index is 13.3. The minimum Gasteiger partial charge on any atom is -0.494 e. The Morgan fingerprint density at radius 2 is 1.81 bits per heavy atom. The third-order valence-corrected chi connectivity index (χ3v) is 5.83. The summed E-state index contributed by atoms with van der Waals surface area (Å²) in [5.41, 5.74) is 1.44. The molecule has 0 spiro atoms. The van der Waals surface area contributed by atoms with Gasteiger partial charge in [-0.3, -0.25) is 14.9 Å². The van der Waals surface area contributed by atoms with Crippen LogP contribution in [0.3, 0.4) is 0 Å². The highest BCUT2D eigenvalue weighted by atomic mass is 16.5. The number of imide groups is 2. The molecule has 5 rings (SSSR count). The average Bonchev–Trinajstić information content (AvgIpc) is 3.48. The zero-order valence-electron chi connectivity index (χ0n) is 19.6. The number of urea groups is 1. The lowest BCUT2D eigenvalue weighted by molar-refractivity contribution is -0.122. The van der Waals surface area contributed by atoms with Gasteiger partial charge in [-0.05, 0) is 55.5 Å². The zero-order chi connectivity index (χ0) is 26.1. The summed E-state index contributed by atoms with van der Waals surface area (Å²) in [6.07, 6.45) is 3.17. The highest BCUT2D eigenvalue weighted by Crippen LogP contribution is 2.28. The van der Waals surface area contributed by atoms with Gasteiger partial charge >= 0.3 is 12.0 Å². The molecule has 2 aromatic heterocycles. The van der Waals surface area contributed by atoms with E-state index in [-0.39, 0.29) is 17.9 Å². The van der Waals surface area contributed by atoms with Crippen molar-refractivity contribution in [2.45, 2.75) is 13.5 Å². The number of nitrogens with zero attached hydrogens (tertiary/aromatic N) is 2. The van der Waals surface area contributed by atoms with E-state index in [1.54, 1.807) is 36.5 Å². The number of fused-ring (bicyclic) bond motifs is 1. The summed E-state index contributed by atoms with van der Waals surface area (Å²) in [6, 6.07) is 15.9. The van der Waals surface area contributed by atoms with Gasteiger partial charge in [0.25, 0.3) is 11.8 Å². The van der Waals surface area contributed by atoms with Crippen LogP contribution in [-0.2, 0) is 16.1 Å². The summed E-state index contributed by atoms with van der Waals surface area (Å²) in [5, 5.41) is 12.1. The van der Waals surface area contributed by atoms with E-state index in [9.17, 15) is 19.2 Å². The van der Waals surface area contributed by atoms with Crippen molar-refractivity contribution in [3.63, 3.8) is 0 Å². The van der Waals surface area contributed by atoms with Gasteiger partial charge in [0.1, 0.15) is 17.1 Å². The van der Waals surface area contributed by atoms with E-state index in [1.807, 2.05) is 35.8 Å². The fourth-order valence-electron chi connectivity index (χ4n) is 4.17. The van der Waals surface area contributed by atoms with E-state index in [1.165, 1.54) is 12.1 Å². The smallest absolute Gasteiger partial charge is 0.371 e. The van der Waals surface area contributed by atoms with Gasteiger partial charge in [-0.15, -0.1) is 0 Å². The van der Waals surface area contributed by atoms with Crippen molar-refractivity contribution in [3.8, 4) is 5.75 Å². The number of amides is 4. The minimum atomic E-state index is -1.16. The van der Waals surface area contributed by atoms with E-state index in [0.717, 1.165) is 15.8 Å². The quantitative estimate of drug-likeness (QED) is 0.290. The van der Waals surface area contributed by atoms with Gasteiger partial charge in [0.2, 0.25) is 5.76 Å². The molecule has 0 unspecified atom stereocenters. The number of hydrogen-bond donors (Lipinski definition) is 2. The normalized spacial score (nSPS) is 14.9. The van der Waals surface area contributed by atoms with Crippen molar-refractivity contribution in [2.75, 3.05) is 11.5 Å². The summed E-state index contributed by atoms with van der Waals surface area (Å²) in [4.78, 5) is 50.6. The Kier molecular flexibility index (Phi) is 6.06. The SMILES string of the molecule is CCOc1ccc(N2C(=O)NC(=O)/C(=C\c3cn(Cc4ccc(C(=O)O)o4)c4ccccc34)C2=O)cc1. The minimum absolute atomic E-state index is 0.169. The lowest BCUT2D eigenvalue weighted by Crippen LogP contribution is -2.54. The number of carboxylic acids is 1.